The lowest BCUT2D eigenvalue weighted by Crippen LogP contribution is -2.64. The van der Waals surface area contributed by atoms with E-state index in [0.717, 1.165) is 0 Å². The zero-order valence-electron chi connectivity index (χ0n) is 17.0. The van der Waals surface area contributed by atoms with Gasteiger partial charge in [-0.25, -0.2) is 4.79 Å². The van der Waals surface area contributed by atoms with Crippen LogP contribution in [0.2, 0.25) is 5.02 Å². The molecule has 0 saturated carbocycles. The van der Waals surface area contributed by atoms with Crippen LogP contribution in [0.4, 0.5) is 5.69 Å². The van der Waals surface area contributed by atoms with Gasteiger partial charge in [-0.05, 0) is 38.1 Å². The largest absolute Gasteiger partial charge is 0.461 e. The second-order valence-corrected chi connectivity index (χ2v) is 7.37. The van der Waals surface area contributed by atoms with Gasteiger partial charge in [0.1, 0.15) is 11.2 Å². The van der Waals surface area contributed by atoms with E-state index in [0.29, 0.717) is 17.3 Å². The maximum Gasteiger partial charge on any atom is 0.358 e. The summed E-state index contributed by atoms with van der Waals surface area (Å²) in [7, 11) is 1.53. The summed E-state index contributed by atoms with van der Waals surface area (Å²) in [6, 6.07) is 8.00. The minimum atomic E-state index is -1.30. The van der Waals surface area contributed by atoms with Gasteiger partial charge >= 0.3 is 5.97 Å². The van der Waals surface area contributed by atoms with Gasteiger partial charge in [0.2, 0.25) is 5.91 Å². The number of benzene rings is 1. The first kappa shape index (κ1) is 21.8. The van der Waals surface area contributed by atoms with E-state index in [1.54, 1.807) is 38.1 Å². The molecular formula is C20H23ClN4O5. The van der Waals surface area contributed by atoms with Crippen molar-refractivity contribution in [1.29, 1.82) is 0 Å². The Bertz CT molecular complexity index is 959. The molecule has 0 fully saturated rings. The number of halogens is 1. The molecule has 1 aromatic heterocycles. The normalized spacial score (nSPS) is 18.1. The molecule has 1 atom stereocenters. The molecule has 9 nitrogen and oxygen atoms in total. The third-order valence-electron chi connectivity index (χ3n) is 4.80. The Hall–Kier alpha value is -2.91. The van der Waals surface area contributed by atoms with Crippen LogP contribution in [0.25, 0.3) is 0 Å². The molecule has 1 N–H and O–H groups in total. The van der Waals surface area contributed by atoms with Crippen LogP contribution in [0.15, 0.2) is 30.3 Å². The van der Waals surface area contributed by atoms with Crippen molar-refractivity contribution in [3.05, 3.63) is 46.7 Å². The van der Waals surface area contributed by atoms with Crippen LogP contribution in [0.5, 0.6) is 0 Å². The van der Waals surface area contributed by atoms with Crippen LogP contribution >= 0.6 is 11.6 Å². The Kier molecular flexibility index (Phi) is 6.42. The van der Waals surface area contributed by atoms with Crippen molar-refractivity contribution in [2.45, 2.75) is 25.9 Å². The molecular weight excluding hydrogens is 412 g/mol. The maximum atomic E-state index is 13.4. The number of methoxy groups -OCH3 is 1. The number of nitrogens with one attached hydrogen (secondary N) is 1. The summed E-state index contributed by atoms with van der Waals surface area (Å²) in [5.41, 5.74) is -0.599. The van der Waals surface area contributed by atoms with Crippen LogP contribution in [-0.2, 0) is 20.8 Å². The van der Waals surface area contributed by atoms with Gasteiger partial charge in [-0.1, -0.05) is 11.6 Å². The Morgan fingerprint density at radius 2 is 2.00 bits per heavy atom. The molecule has 0 spiro atoms. The fraction of sp³-hybridized carbons (Fsp3) is 0.400. The highest BCUT2D eigenvalue weighted by molar-refractivity contribution is 6.30. The average Bonchev–Trinajstić information content (AvgIpc) is 3.14. The van der Waals surface area contributed by atoms with Gasteiger partial charge in [0, 0.05) is 30.4 Å². The standard InChI is InChI=1S/C20H23ClN4O5/c1-4-30-18(27)15-11-16-17(26)25(14-7-5-13(21)6-8-14)20(2,12-24(16)23-15)19(28)22-9-10-29-3/h5-8,11H,4,9-10,12H2,1-3H3,(H,22,28)/t20-/m1/s1. The predicted molar refractivity (Wildman–Crippen MR) is 110 cm³/mol. The minimum Gasteiger partial charge on any atom is -0.461 e. The highest BCUT2D eigenvalue weighted by atomic mass is 35.5. The number of carbonyl (C=O) groups is 3. The van der Waals surface area contributed by atoms with Crippen molar-refractivity contribution in [2.24, 2.45) is 0 Å². The van der Waals surface area contributed by atoms with Gasteiger partial charge in [-0.2, -0.15) is 5.10 Å². The Labute approximate surface area is 178 Å². The van der Waals surface area contributed by atoms with Gasteiger partial charge in [0.05, 0.1) is 19.8 Å². The summed E-state index contributed by atoms with van der Waals surface area (Å²) in [4.78, 5) is 40.0. The van der Waals surface area contributed by atoms with Crippen molar-refractivity contribution in [3.8, 4) is 0 Å². The second kappa shape index (κ2) is 8.85. The highest BCUT2D eigenvalue weighted by Gasteiger charge is 2.49. The lowest BCUT2D eigenvalue weighted by atomic mass is 9.94. The molecule has 0 unspecified atom stereocenters. The van der Waals surface area contributed by atoms with Crippen LogP contribution in [-0.4, -0.2) is 60.0 Å². The average molecular weight is 435 g/mol. The zero-order chi connectivity index (χ0) is 21.9. The fourth-order valence-electron chi connectivity index (χ4n) is 3.34. The molecule has 10 heteroatoms. The molecule has 0 saturated heterocycles. The second-order valence-electron chi connectivity index (χ2n) is 6.93. The van der Waals surface area contributed by atoms with E-state index in [2.05, 4.69) is 10.4 Å². The van der Waals surface area contributed by atoms with Crippen molar-refractivity contribution in [1.82, 2.24) is 15.1 Å². The topological polar surface area (TPSA) is 103 Å². The van der Waals surface area contributed by atoms with Crippen molar-refractivity contribution < 1.29 is 23.9 Å². The number of esters is 1. The van der Waals surface area contributed by atoms with E-state index in [4.69, 9.17) is 21.1 Å². The summed E-state index contributed by atoms with van der Waals surface area (Å²) < 4.78 is 11.3. The molecule has 1 aromatic carbocycles. The molecule has 2 amide bonds. The maximum absolute atomic E-state index is 13.4. The minimum absolute atomic E-state index is 0.0142. The number of rotatable bonds is 7. The predicted octanol–water partition coefficient (Wildman–Crippen LogP) is 1.89. The van der Waals surface area contributed by atoms with Gasteiger partial charge in [-0.3, -0.25) is 19.2 Å². The molecule has 1 aliphatic heterocycles. The van der Waals surface area contributed by atoms with E-state index in [1.165, 1.54) is 22.8 Å². The molecule has 30 heavy (non-hydrogen) atoms. The number of nitrogens with zero attached hydrogens (tertiary/aromatic N) is 3. The number of ether oxygens (including phenoxy) is 2. The smallest absolute Gasteiger partial charge is 0.358 e. The number of hydrogen-bond acceptors (Lipinski definition) is 6. The highest BCUT2D eigenvalue weighted by Crippen LogP contribution is 2.33. The molecule has 0 radical (unpaired) electrons. The summed E-state index contributed by atoms with van der Waals surface area (Å²) in [6.45, 7) is 4.18. The first-order valence-electron chi connectivity index (χ1n) is 9.44. The van der Waals surface area contributed by atoms with Gasteiger partial charge in [0.15, 0.2) is 5.69 Å². The van der Waals surface area contributed by atoms with Crippen LogP contribution in [0, 0.1) is 0 Å². The van der Waals surface area contributed by atoms with Crippen LogP contribution in [0.3, 0.4) is 0 Å². The molecule has 2 heterocycles. The van der Waals surface area contributed by atoms with Crippen LogP contribution in [0.1, 0.15) is 34.8 Å². The van der Waals surface area contributed by atoms with Gasteiger partial charge in [0.25, 0.3) is 5.91 Å². The Morgan fingerprint density at radius 1 is 1.30 bits per heavy atom. The third-order valence-corrected chi connectivity index (χ3v) is 5.06. The molecule has 0 aliphatic carbocycles. The lowest BCUT2D eigenvalue weighted by molar-refractivity contribution is -0.126. The Morgan fingerprint density at radius 3 is 2.63 bits per heavy atom. The number of anilines is 1. The molecule has 1 aliphatic rings. The van der Waals surface area contributed by atoms with Crippen molar-refractivity contribution >= 4 is 35.1 Å². The van der Waals surface area contributed by atoms with E-state index in [1.807, 2.05) is 0 Å². The monoisotopic (exact) mass is 434 g/mol. The zero-order valence-corrected chi connectivity index (χ0v) is 17.7. The van der Waals surface area contributed by atoms with Gasteiger partial charge in [-0.15, -0.1) is 0 Å². The molecule has 2 aromatic rings. The molecule has 0 bridgehead atoms. The van der Waals surface area contributed by atoms with E-state index < -0.39 is 17.4 Å². The number of aromatic nitrogens is 2. The number of fused-ring (bicyclic) bond motifs is 1. The third kappa shape index (κ3) is 4.03. The SMILES string of the molecule is CCOC(=O)c1cc2n(n1)C[C@](C)(C(=O)NCCOC)N(c1ccc(Cl)cc1)C2=O. The molecule has 3 rings (SSSR count). The first-order valence-corrected chi connectivity index (χ1v) is 9.82. The number of carbonyl (C=O) groups excluding carboxylic acids is 3. The lowest BCUT2D eigenvalue weighted by Gasteiger charge is -2.43. The van der Waals surface area contributed by atoms with E-state index in [9.17, 15) is 14.4 Å². The first-order chi connectivity index (χ1) is 14.3. The van der Waals surface area contributed by atoms with Gasteiger partial charge < -0.3 is 14.8 Å². The van der Waals surface area contributed by atoms with Crippen molar-refractivity contribution in [3.63, 3.8) is 0 Å². The Balaban J connectivity index is 2.05. The summed E-state index contributed by atoms with van der Waals surface area (Å²) in [5, 5.41) is 7.50. The van der Waals surface area contributed by atoms with E-state index in [-0.39, 0.29) is 37.0 Å². The quantitative estimate of drug-likeness (QED) is 0.527. The summed E-state index contributed by atoms with van der Waals surface area (Å²) in [5.74, 6) is -1.46. The van der Waals surface area contributed by atoms with Crippen LogP contribution < -0.4 is 10.2 Å². The van der Waals surface area contributed by atoms with Crippen molar-refractivity contribution in [2.75, 3.05) is 31.8 Å². The van der Waals surface area contributed by atoms with E-state index >= 15 is 0 Å². The number of hydrogen-bond donors (Lipinski definition) is 1. The molecule has 160 valence electrons. The fourth-order valence-corrected chi connectivity index (χ4v) is 3.46. The summed E-state index contributed by atoms with van der Waals surface area (Å²) >= 11 is 5.99. The summed E-state index contributed by atoms with van der Waals surface area (Å²) in [6.07, 6.45) is 0. The number of amides is 2.